The van der Waals surface area contributed by atoms with Gasteiger partial charge in [0.25, 0.3) is 0 Å². The summed E-state index contributed by atoms with van der Waals surface area (Å²) in [5, 5.41) is 7.67. The average molecular weight is 338 g/mol. The number of rotatable bonds is 4. The van der Waals surface area contributed by atoms with Gasteiger partial charge >= 0.3 is 0 Å². The van der Waals surface area contributed by atoms with E-state index in [0.717, 1.165) is 10.2 Å². The van der Waals surface area contributed by atoms with E-state index in [1.165, 1.54) is 31.7 Å². The Balaban J connectivity index is 1.64. The molecule has 0 bridgehead atoms. The van der Waals surface area contributed by atoms with Gasteiger partial charge in [-0.2, -0.15) is 5.10 Å². The van der Waals surface area contributed by atoms with Crippen LogP contribution in [-0.4, -0.2) is 9.78 Å². The maximum Gasteiger partial charge on any atom is 0.146 e. The standard InChI is InChI=1S/C15H17BrFN3/c16-11-5-6-14(17)15(9-11)18-10-12-7-8-20(19-12)13-3-1-2-4-13/h5-9,13,18H,1-4,10H2. The maximum absolute atomic E-state index is 13.6. The normalized spacial score (nSPS) is 15.7. The topological polar surface area (TPSA) is 29.9 Å². The third-order valence-electron chi connectivity index (χ3n) is 3.75. The fourth-order valence-corrected chi connectivity index (χ4v) is 3.02. The van der Waals surface area contributed by atoms with E-state index < -0.39 is 0 Å². The average Bonchev–Trinajstić information content (AvgIpc) is 3.09. The molecule has 0 unspecified atom stereocenters. The molecular weight excluding hydrogens is 321 g/mol. The van der Waals surface area contributed by atoms with E-state index in [0.29, 0.717) is 18.3 Å². The monoisotopic (exact) mass is 337 g/mol. The lowest BCUT2D eigenvalue weighted by Gasteiger charge is -2.09. The molecule has 0 radical (unpaired) electrons. The second kappa shape index (κ2) is 5.95. The molecule has 1 heterocycles. The Labute approximate surface area is 126 Å². The lowest BCUT2D eigenvalue weighted by atomic mass is 10.3. The molecule has 0 aliphatic heterocycles. The fraction of sp³-hybridized carbons (Fsp3) is 0.400. The molecule has 0 saturated heterocycles. The first-order valence-corrected chi connectivity index (χ1v) is 7.74. The van der Waals surface area contributed by atoms with Crippen LogP contribution < -0.4 is 5.32 Å². The van der Waals surface area contributed by atoms with Gasteiger partial charge in [0.05, 0.1) is 24.0 Å². The lowest BCUT2D eigenvalue weighted by molar-refractivity contribution is 0.463. The molecule has 1 N–H and O–H groups in total. The first-order valence-electron chi connectivity index (χ1n) is 6.95. The van der Waals surface area contributed by atoms with Crippen LogP contribution in [0.4, 0.5) is 10.1 Å². The molecule has 5 heteroatoms. The van der Waals surface area contributed by atoms with Gasteiger partial charge in [-0.3, -0.25) is 4.68 Å². The van der Waals surface area contributed by atoms with Crippen LogP contribution in [0.25, 0.3) is 0 Å². The largest absolute Gasteiger partial charge is 0.377 e. The maximum atomic E-state index is 13.6. The van der Waals surface area contributed by atoms with Crippen molar-refractivity contribution in [3.05, 3.63) is 46.4 Å². The lowest BCUT2D eigenvalue weighted by Crippen LogP contribution is -2.07. The quantitative estimate of drug-likeness (QED) is 0.889. The molecule has 1 aromatic carbocycles. The molecule has 3 rings (SSSR count). The molecule has 20 heavy (non-hydrogen) atoms. The summed E-state index contributed by atoms with van der Waals surface area (Å²) in [7, 11) is 0. The number of hydrogen-bond acceptors (Lipinski definition) is 2. The van der Waals surface area contributed by atoms with E-state index in [1.54, 1.807) is 12.1 Å². The van der Waals surface area contributed by atoms with E-state index >= 15 is 0 Å². The SMILES string of the molecule is Fc1ccc(Br)cc1NCc1ccn(C2CCCC2)n1. The highest BCUT2D eigenvalue weighted by atomic mass is 79.9. The highest BCUT2D eigenvalue weighted by Crippen LogP contribution is 2.28. The van der Waals surface area contributed by atoms with Gasteiger partial charge in [-0.1, -0.05) is 28.8 Å². The fourth-order valence-electron chi connectivity index (χ4n) is 2.66. The summed E-state index contributed by atoms with van der Waals surface area (Å²) in [6, 6.07) is 7.43. The van der Waals surface area contributed by atoms with Crippen LogP contribution in [0, 0.1) is 5.82 Å². The van der Waals surface area contributed by atoms with Gasteiger partial charge in [0.2, 0.25) is 0 Å². The highest BCUT2D eigenvalue weighted by molar-refractivity contribution is 9.10. The molecule has 0 atom stereocenters. The summed E-state index contributed by atoms with van der Waals surface area (Å²) >= 11 is 3.34. The Kier molecular flexibility index (Phi) is 4.05. The molecular formula is C15H17BrFN3. The van der Waals surface area contributed by atoms with E-state index in [9.17, 15) is 4.39 Å². The molecule has 1 aliphatic rings. The Bertz CT molecular complexity index is 591. The molecule has 1 fully saturated rings. The number of anilines is 1. The van der Waals surface area contributed by atoms with Crippen LogP contribution in [0.2, 0.25) is 0 Å². The van der Waals surface area contributed by atoms with Crippen molar-refractivity contribution in [2.45, 2.75) is 38.3 Å². The zero-order valence-corrected chi connectivity index (χ0v) is 12.7. The minimum atomic E-state index is -0.247. The van der Waals surface area contributed by atoms with Crippen LogP contribution in [-0.2, 0) is 6.54 Å². The van der Waals surface area contributed by atoms with Crippen molar-refractivity contribution in [2.24, 2.45) is 0 Å². The van der Waals surface area contributed by atoms with Crippen molar-refractivity contribution in [1.82, 2.24) is 9.78 Å². The summed E-state index contributed by atoms with van der Waals surface area (Å²) < 4.78 is 16.5. The second-order valence-corrected chi connectivity index (χ2v) is 6.12. The predicted octanol–water partition coefficient (Wildman–Crippen LogP) is 4.51. The number of nitrogens with one attached hydrogen (secondary N) is 1. The predicted molar refractivity (Wildman–Crippen MR) is 81.2 cm³/mol. The Morgan fingerprint density at radius 3 is 2.90 bits per heavy atom. The number of nitrogens with zero attached hydrogens (tertiary/aromatic N) is 2. The molecule has 3 nitrogen and oxygen atoms in total. The summed E-state index contributed by atoms with van der Waals surface area (Å²) in [6.45, 7) is 0.535. The van der Waals surface area contributed by atoms with Crippen molar-refractivity contribution in [2.75, 3.05) is 5.32 Å². The van der Waals surface area contributed by atoms with Crippen LogP contribution in [0.1, 0.15) is 37.4 Å². The second-order valence-electron chi connectivity index (χ2n) is 5.20. The van der Waals surface area contributed by atoms with Gasteiger partial charge in [-0.05, 0) is 37.1 Å². The number of halogens is 2. The van der Waals surface area contributed by atoms with Crippen molar-refractivity contribution < 1.29 is 4.39 Å². The zero-order valence-electron chi connectivity index (χ0n) is 11.1. The molecule has 1 aromatic heterocycles. The van der Waals surface area contributed by atoms with Crippen LogP contribution in [0.15, 0.2) is 34.9 Å². The zero-order chi connectivity index (χ0) is 13.9. The van der Waals surface area contributed by atoms with Crippen molar-refractivity contribution in [1.29, 1.82) is 0 Å². The van der Waals surface area contributed by atoms with Gasteiger partial charge in [0.15, 0.2) is 0 Å². The molecule has 2 aromatic rings. The van der Waals surface area contributed by atoms with Crippen molar-refractivity contribution in [3.8, 4) is 0 Å². The number of aromatic nitrogens is 2. The third kappa shape index (κ3) is 3.03. The Morgan fingerprint density at radius 1 is 1.30 bits per heavy atom. The van der Waals surface area contributed by atoms with E-state index in [2.05, 4.69) is 31.0 Å². The van der Waals surface area contributed by atoms with E-state index in [1.807, 2.05) is 12.3 Å². The van der Waals surface area contributed by atoms with Crippen LogP contribution in [0.5, 0.6) is 0 Å². The minimum absolute atomic E-state index is 0.247. The third-order valence-corrected chi connectivity index (χ3v) is 4.24. The molecule has 106 valence electrons. The van der Waals surface area contributed by atoms with Gasteiger partial charge in [0.1, 0.15) is 5.82 Å². The summed E-state index contributed by atoms with van der Waals surface area (Å²) in [5.41, 5.74) is 1.44. The van der Waals surface area contributed by atoms with Crippen molar-refractivity contribution in [3.63, 3.8) is 0 Å². The van der Waals surface area contributed by atoms with E-state index in [-0.39, 0.29) is 5.82 Å². The van der Waals surface area contributed by atoms with Gasteiger partial charge in [-0.15, -0.1) is 0 Å². The van der Waals surface area contributed by atoms with Crippen LogP contribution in [0.3, 0.4) is 0 Å². The molecule has 1 aliphatic carbocycles. The van der Waals surface area contributed by atoms with Gasteiger partial charge in [0, 0.05) is 10.7 Å². The minimum Gasteiger partial charge on any atom is -0.377 e. The highest BCUT2D eigenvalue weighted by Gasteiger charge is 2.17. The van der Waals surface area contributed by atoms with Crippen LogP contribution >= 0.6 is 15.9 Å². The summed E-state index contributed by atoms with van der Waals surface area (Å²) in [4.78, 5) is 0. The first-order chi connectivity index (χ1) is 9.72. The summed E-state index contributed by atoms with van der Waals surface area (Å²) in [6.07, 6.45) is 7.05. The van der Waals surface area contributed by atoms with Gasteiger partial charge < -0.3 is 5.32 Å². The summed E-state index contributed by atoms with van der Waals surface area (Å²) in [5.74, 6) is -0.247. The Hall–Kier alpha value is -1.36. The smallest absolute Gasteiger partial charge is 0.146 e. The number of hydrogen-bond donors (Lipinski definition) is 1. The molecule has 1 saturated carbocycles. The van der Waals surface area contributed by atoms with Crippen molar-refractivity contribution >= 4 is 21.6 Å². The van der Waals surface area contributed by atoms with Gasteiger partial charge in [-0.25, -0.2) is 4.39 Å². The molecule has 0 spiro atoms. The molecule has 0 amide bonds. The first kappa shape index (κ1) is 13.6. The van der Waals surface area contributed by atoms with E-state index in [4.69, 9.17) is 0 Å². The Morgan fingerprint density at radius 2 is 2.10 bits per heavy atom. The number of benzene rings is 1.